The molecule has 0 saturated heterocycles. The van der Waals surface area contributed by atoms with Crippen LogP contribution in [0.15, 0.2) is 24.3 Å². The number of carbonyl (C=O) groups excluding carboxylic acids is 2. The van der Waals surface area contributed by atoms with Crippen LogP contribution in [-0.2, 0) is 31.5 Å². The van der Waals surface area contributed by atoms with E-state index in [1.54, 1.807) is 6.92 Å². The van der Waals surface area contributed by atoms with Crippen molar-refractivity contribution in [3.63, 3.8) is 0 Å². The Bertz CT molecular complexity index is 1070. The number of carbonyl (C=O) groups is 2. The van der Waals surface area contributed by atoms with Crippen LogP contribution < -0.4 is 10.1 Å². The maximum absolute atomic E-state index is 12.6. The standard InChI is InChI=1S/C22H27NO6S2/c1-4-14(3)15-8-6-7-9-17(15)29-12-19(24)23-21-20(22(25)28-5-2)16-10-11-31(26,27)13-18(16)30-21/h6-9,14H,4-5,10-13H2,1-3H3,(H,23,24). The van der Waals surface area contributed by atoms with Gasteiger partial charge in [-0.15, -0.1) is 11.3 Å². The number of para-hydroxylation sites is 1. The van der Waals surface area contributed by atoms with Crippen molar-refractivity contribution in [1.29, 1.82) is 0 Å². The second kappa shape index (κ2) is 9.82. The van der Waals surface area contributed by atoms with Gasteiger partial charge in [0.1, 0.15) is 10.8 Å². The molecule has 31 heavy (non-hydrogen) atoms. The van der Waals surface area contributed by atoms with Gasteiger partial charge in [-0.2, -0.15) is 0 Å². The number of thiophene rings is 1. The smallest absolute Gasteiger partial charge is 0.341 e. The lowest BCUT2D eigenvalue weighted by atomic mass is 9.98. The summed E-state index contributed by atoms with van der Waals surface area (Å²) >= 11 is 1.11. The van der Waals surface area contributed by atoms with Crippen LogP contribution in [0.2, 0.25) is 0 Å². The summed E-state index contributed by atoms with van der Waals surface area (Å²) in [6.07, 6.45) is 1.18. The summed E-state index contributed by atoms with van der Waals surface area (Å²) in [6, 6.07) is 7.59. The van der Waals surface area contributed by atoms with E-state index in [0.717, 1.165) is 23.3 Å². The Hall–Kier alpha value is -2.39. The summed E-state index contributed by atoms with van der Waals surface area (Å²) < 4.78 is 34.9. The average Bonchev–Trinajstić information content (AvgIpc) is 3.07. The number of esters is 1. The van der Waals surface area contributed by atoms with Crippen LogP contribution in [0.1, 0.15) is 59.5 Å². The predicted molar refractivity (Wildman–Crippen MR) is 121 cm³/mol. The number of fused-ring (bicyclic) bond motifs is 1. The van der Waals surface area contributed by atoms with Crippen molar-refractivity contribution in [1.82, 2.24) is 0 Å². The Morgan fingerprint density at radius 2 is 1.97 bits per heavy atom. The molecule has 7 nitrogen and oxygen atoms in total. The molecule has 9 heteroatoms. The molecule has 2 aromatic rings. The van der Waals surface area contributed by atoms with Gasteiger partial charge in [-0.3, -0.25) is 4.79 Å². The van der Waals surface area contributed by atoms with Gasteiger partial charge in [0.05, 0.1) is 23.7 Å². The molecule has 1 N–H and O–H groups in total. The normalized spacial score (nSPS) is 15.6. The maximum Gasteiger partial charge on any atom is 0.341 e. The molecule has 0 aliphatic carbocycles. The van der Waals surface area contributed by atoms with Crippen molar-refractivity contribution in [2.75, 3.05) is 24.3 Å². The zero-order valence-corrected chi connectivity index (χ0v) is 19.5. The molecule has 0 spiro atoms. The minimum Gasteiger partial charge on any atom is -0.483 e. The van der Waals surface area contributed by atoms with E-state index in [4.69, 9.17) is 9.47 Å². The second-order valence-corrected chi connectivity index (χ2v) is 10.7. The van der Waals surface area contributed by atoms with Crippen LogP contribution in [0.25, 0.3) is 0 Å². The molecule has 1 aliphatic rings. The molecule has 1 amide bonds. The van der Waals surface area contributed by atoms with Gasteiger partial charge < -0.3 is 14.8 Å². The first-order valence-corrected chi connectivity index (χ1v) is 12.9. The van der Waals surface area contributed by atoms with Gasteiger partial charge in [-0.25, -0.2) is 13.2 Å². The Labute approximate surface area is 186 Å². The first-order valence-electron chi connectivity index (χ1n) is 10.3. The Morgan fingerprint density at radius 1 is 1.23 bits per heavy atom. The van der Waals surface area contributed by atoms with E-state index in [1.165, 1.54) is 0 Å². The van der Waals surface area contributed by atoms with Crippen molar-refractivity contribution in [2.24, 2.45) is 0 Å². The van der Waals surface area contributed by atoms with E-state index >= 15 is 0 Å². The highest BCUT2D eigenvalue weighted by atomic mass is 32.2. The molecule has 2 heterocycles. The van der Waals surface area contributed by atoms with Crippen molar-refractivity contribution in [3.05, 3.63) is 45.8 Å². The van der Waals surface area contributed by atoms with E-state index in [0.29, 0.717) is 27.1 Å². The monoisotopic (exact) mass is 465 g/mol. The SMILES string of the molecule is CCOC(=O)c1c(NC(=O)COc2ccccc2C(C)CC)sc2c1CCS(=O)(=O)C2. The molecule has 1 unspecified atom stereocenters. The van der Waals surface area contributed by atoms with Crippen molar-refractivity contribution >= 4 is 38.1 Å². The molecular formula is C22H27NO6S2. The molecule has 1 aliphatic heterocycles. The highest BCUT2D eigenvalue weighted by Crippen LogP contribution is 2.38. The van der Waals surface area contributed by atoms with Crippen molar-refractivity contribution in [2.45, 2.75) is 45.3 Å². The summed E-state index contributed by atoms with van der Waals surface area (Å²) in [5.74, 6) is -0.196. The minimum absolute atomic E-state index is 0.0218. The summed E-state index contributed by atoms with van der Waals surface area (Å²) in [6.45, 7) is 5.84. The fourth-order valence-corrected chi connectivity index (χ4v) is 6.53. The molecule has 1 atom stereocenters. The number of rotatable bonds is 8. The zero-order valence-electron chi connectivity index (χ0n) is 17.9. The Kier molecular flexibility index (Phi) is 7.38. The molecule has 0 fully saturated rings. The largest absolute Gasteiger partial charge is 0.483 e. The third-order valence-corrected chi connectivity index (χ3v) is 8.14. The van der Waals surface area contributed by atoms with Crippen molar-refractivity contribution in [3.8, 4) is 5.75 Å². The number of hydrogen-bond acceptors (Lipinski definition) is 7. The number of amides is 1. The fourth-order valence-electron chi connectivity index (χ4n) is 3.47. The topological polar surface area (TPSA) is 98.8 Å². The van der Waals surface area contributed by atoms with Gasteiger partial charge in [0.15, 0.2) is 16.4 Å². The number of ether oxygens (including phenoxy) is 2. The van der Waals surface area contributed by atoms with Crippen LogP contribution in [0.4, 0.5) is 5.00 Å². The van der Waals surface area contributed by atoms with Gasteiger partial charge in [0.2, 0.25) is 0 Å². The van der Waals surface area contributed by atoms with E-state index in [-0.39, 0.29) is 36.7 Å². The summed E-state index contributed by atoms with van der Waals surface area (Å²) in [7, 11) is -3.21. The van der Waals surface area contributed by atoms with Crippen LogP contribution in [0, 0.1) is 0 Å². The van der Waals surface area contributed by atoms with Gasteiger partial charge >= 0.3 is 5.97 Å². The zero-order chi connectivity index (χ0) is 22.6. The molecule has 3 rings (SSSR count). The molecule has 0 saturated carbocycles. The predicted octanol–water partition coefficient (Wildman–Crippen LogP) is 3.93. The van der Waals surface area contributed by atoms with E-state index in [1.807, 2.05) is 24.3 Å². The van der Waals surface area contributed by atoms with Gasteiger partial charge in [0, 0.05) is 4.88 Å². The molecule has 1 aromatic carbocycles. The third-order valence-electron chi connectivity index (χ3n) is 5.26. The van der Waals surface area contributed by atoms with E-state index in [9.17, 15) is 18.0 Å². The number of nitrogens with one attached hydrogen (secondary N) is 1. The molecule has 168 valence electrons. The van der Waals surface area contributed by atoms with E-state index < -0.39 is 21.7 Å². The number of anilines is 1. The lowest BCUT2D eigenvalue weighted by Gasteiger charge is -2.15. The molecule has 0 bridgehead atoms. The highest BCUT2D eigenvalue weighted by Gasteiger charge is 2.32. The first-order chi connectivity index (χ1) is 14.8. The lowest BCUT2D eigenvalue weighted by Crippen LogP contribution is -2.22. The molecule has 0 radical (unpaired) electrons. The maximum atomic E-state index is 12.6. The minimum atomic E-state index is -3.21. The van der Waals surface area contributed by atoms with Gasteiger partial charge in [-0.05, 0) is 42.9 Å². The quantitative estimate of drug-likeness (QED) is 0.593. The van der Waals surface area contributed by atoms with Crippen molar-refractivity contribution < 1.29 is 27.5 Å². The summed E-state index contributed by atoms with van der Waals surface area (Å²) in [5, 5.41) is 3.04. The lowest BCUT2D eigenvalue weighted by molar-refractivity contribution is -0.118. The van der Waals surface area contributed by atoms with Gasteiger partial charge in [-0.1, -0.05) is 32.0 Å². The highest BCUT2D eigenvalue weighted by molar-refractivity contribution is 7.90. The number of hydrogen-bond donors (Lipinski definition) is 1. The number of sulfone groups is 1. The number of benzene rings is 1. The Balaban J connectivity index is 1.79. The third kappa shape index (κ3) is 5.46. The fraction of sp³-hybridized carbons (Fsp3) is 0.455. The Morgan fingerprint density at radius 3 is 2.68 bits per heavy atom. The first kappa shape index (κ1) is 23.3. The van der Waals surface area contributed by atoms with Gasteiger partial charge in [0.25, 0.3) is 5.91 Å². The second-order valence-electron chi connectivity index (χ2n) is 7.45. The van der Waals surface area contributed by atoms with Crippen LogP contribution in [0.5, 0.6) is 5.75 Å². The van der Waals surface area contributed by atoms with Crippen LogP contribution in [-0.4, -0.2) is 39.3 Å². The summed E-state index contributed by atoms with van der Waals surface area (Å²) in [4.78, 5) is 25.7. The van der Waals surface area contributed by atoms with E-state index in [2.05, 4.69) is 19.2 Å². The molecular weight excluding hydrogens is 438 g/mol. The van der Waals surface area contributed by atoms with Crippen LogP contribution >= 0.6 is 11.3 Å². The average molecular weight is 466 g/mol. The molecule has 1 aromatic heterocycles. The van der Waals surface area contributed by atoms with Crippen LogP contribution in [0.3, 0.4) is 0 Å². The summed E-state index contributed by atoms with van der Waals surface area (Å²) in [5.41, 5.74) is 1.93.